The number of carboxylic acids is 1. The van der Waals surface area contributed by atoms with Crippen molar-refractivity contribution in [2.45, 2.75) is 25.4 Å². The lowest BCUT2D eigenvalue weighted by Gasteiger charge is -2.14. The maximum atomic E-state index is 11.5. The van der Waals surface area contributed by atoms with Gasteiger partial charge >= 0.3 is 12.0 Å². The Morgan fingerprint density at radius 3 is 2.74 bits per heavy atom. The minimum atomic E-state index is -1.22. The molecule has 1 aromatic heterocycles. The van der Waals surface area contributed by atoms with Crippen LogP contribution in [0.3, 0.4) is 0 Å². The van der Waals surface area contributed by atoms with Crippen molar-refractivity contribution in [3.63, 3.8) is 0 Å². The molecule has 0 aromatic carbocycles. The molecule has 0 saturated heterocycles. The Bertz CT molecular complexity index is 445. The van der Waals surface area contributed by atoms with Crippen molar-refractivity contribution in [1.29, 1.82) is 0 Å². The number of nitrogens with two attached hydrogens (primary N) is 1. The van der Waals surface area contributed by atoms with Gasteiger partial charge in [-0.2, -0.15) is 0 Å². The first-order chi connectivity index (χ1) is 8.99. The van der Waals surface area contributed by atoms with E-state index in [4.69, 9.17) is 10.8 Å². The topological polar surface area (TPSA) is 150 Å². The van der Waals surface area contributed by atoms with Crippen LogP contribution in [-0.4, -0.2) is 39.0 Å². The van der Waals surface area contributed by atoms with Gasteiger partial charge < -0.3 is 26.5 Å². The first-order valence-corrected chi connectivity index (χ1v) is 5.51. The number of hydrogen-bond acceptors (Lipinski definition) is 4. The number of carbonyl (C=O) groups excluding carboxylic acids is 2. The van der Waals surface area contributed by atoms with E-state index in [-0.39, 0.29) is 19.4 Å². The Hall–Kier alpha value is -2.58. The first-order valence-electron chi connectivity index (χ1n) is 5.51. The predicted molar refractivity (Wildman–Crippen MR) is 63.8 cm³/mol. The molecular formula is C10H15N5O4. The summed E-state index contributed by atoms with van der Waals surface area (Å²) in [6.45, 7) is 0.188. The van der Waals surface area contributed by atoms with Crippen molar-refractivity contribution in [3.05, 3.63) is 18.2 Å². The summed E-state index contributed by atoms with van der Waals surface area (Å²) in [7, 11) is 0. The Morgan fingerprint density at radius 1 is 1.47 bits per heavy atom. The number of aliphatic carboxylic acids is 1. The molecule has 9 nitrogen and oxygen atoms in total. The van der Waals surface area contributed by atoms with Gasteiger partial charge in [0.1, 0.15) is 6.04 Å². The van der Waals surface area contributed by atoms with Crippen LogP contribution in [0.2, 0.25) is 0 Å². The zero-order chi connectivity index (χ0) is 14.3. The number of urea groups is 1. The van der Waals surface area contributed by atoms with E-state index in [9.17, 15) is 14.4 Å². The molecule has 0 saturated carbocycles. The molecule has 3 amide bonds. The molecule has 19 heavy (non-hydrogen) atoms. The van der Waals surface area contributed by atoms with E-state index >= 15 is 0 Å². The summed E-state index contributed by atoms with van der Waals surface area (Å²) in [5.41, 5.74) is 5.60. The molecule has 9 heteroatoms. The highest BCUT2D eigenvalue weighted by molar-refractivity contribution is 5.83. The average Bonchev–Trinajstić information content (AvgIpc) is 2.84. The second-order valence-electron chi connectivity index (χ2n) is 3.80. The third-order valence-corrected chi connectivity index (χ3v) is 2.28. The van der Waals surface area contributed by atoms with Gasteiger partial charge in [0.15, 0.2) is 0 Å². The summed E-state index contributed by atoms with van der Waals surface area (Å²) in [5.74, 6) is -1.84. The van der Waals surface area contributed by atoms with E-state index in [1.807, 2.05) is 0 Å². The lowest BCUT2D eigenvalue weighted by atomic mass is 10.1. The van der Waals surface area contributed by atoms with Crippen LogP contribution in [0.5, 0.6) is 0 Å². The number of nitrogens with zero attached hydrogens (tertiary/aromatic N) is 1. The number of imidazole rings is 1. The van der Waals surface area contributed by atoms with Gasteiger partial charge in [0, 0.05) is 12.6 Å². The van der Waals surface area contributed by atoms with Crippen LogP contribution in [0.25, 0.3) is 0 Å². The van der Waals surface area contributed by atoms with E-state index < -0.39 is 23.9 Å². The molecule has 1 heterocycles. The van der Waals surface area contributed by atoms with Gasteiger partial charge in [0.2, 0.25) is 5.91 Å². The molecule has 104 valence electrons. The predicted octanol–water partition coefficient (Wildman–Crippen LogP) is -1.07. The van der Waals surface area contributed by atoms with Crippen molar-refractivity contribution in [3.8, 4) is 0 Å². The Kier molecular flexibility index (Phi) is 5.33. The first kappa shape index (κ1) is 14.5. The van der Waals surface area contributed by atoms with Gasteiger partial charge in [-0.05, 0) is 6.42 Å². The van der Waals surface area contributed by atoms with Gasteiger partial charge in [-0.3, -0.25) is 4.79 Å². The number of amides is 3. The number of nitrogens with one attached hydrogen (secondary N) is 3. The molecule has 0 unspecified atom stereocenters. The number of carbonyl (C=O) groups is 3. The number of aromatic amines is 1. The fraction of sp³-hybridized carbons (Fsp3) is 0.400. The highest BCUT2D eigenvalue weighted by Crippen LogP contribution is 1.97. The number of hydrogen-bond donors (Lipinski definition) is 5. The molecule has 0 spiro atoms. The van der Waals surface area contributed by atoms with Gasteiger partial charge in [0.05, 0.1) is 18.6 Å². The molecule has 0 fully saturated rings. The summed E-state index contributed by atoms with van der Waals surface area (Å²) in [6.07, 6.45) is 2.82. The third-order valence-electron chi connectivity index (χ3n) is 2.28. The minimum Gasteiger partial charge on any atom is -0.480 e. The monoisotopic (exact) mass is 269 g/mol. The Morgan fingerprint density at radius 2 is 2.21 bits per heavy atom. The SMILES string of the molecule is NC(=O)CC[C@H](NC(=O)NCc1cnc[nH]1)C(=O)O. The molecule has 6 N–H and O–H groups in total. The summed E-state index contributed by atoms with van der Waals surface area (Å²) >= 11 is 0. The minimum absolute atomic E-state index is 0.0534. The van der Waals surface area contributed by atoms with Crippen molar-refractivity contribution in [2.75, 3.05) is 0 Å². The van der Waals surface area contributed by atoms with Gasteiger partial charge in [-0.25, -0.2) is 14.6 Å². The zero-order valence-corrected chi connectivity index (χ0v) is 10.0. The van der Waals surface area contributed by atoms with Gasteiger partial charge in [0.25, 0.3) is 0 Å². The van der Waals surface area contributed by atoms with Crippen LogP contribution >= 0.6 is 0 Å². The summed E-state index contributed by atoms with van der Waals surface area (Å²) < 4.78 is 0. The van der Waals surface area contributed by atoms with E-state index in [1.54, 1.807) is 0 Å². The molecule has 0 aliphatic rings. The normalized spacial score (nSPS) is 11.6. The number of H-pyrrole nitrogens is 1. The smallest absolute Gasteiger partial charge is 0.326 e. The van der Waals surface area contributed by atoms with Crippen molar-refractivity contribution in [2.24, 2.45) is 5.73 Å². The van der Waals surface area contributed by atoms with E-state index in [2.05, 4.69) is 20.6 Å². The number of aromatic nitrogens is 2. The van der Waals surface area contributed by atoms with Crippen LogP contribution in [0.15, 0.2) is 12.5 Å². The quantitative estimate of drug-likeness (QED) is 0.427. The highest BCUT2D eigenvalue weighted by Gasteiger charge is 2.20. The molecule has 0 radical (unpaired) electrons. The average molecular weight is 269 g/mol. The number of primary amides is 1. The molecule has 1 aromatic rings. The summed E-state index contributed by atoms with van der Waals surface area (Å²) in [4.78, 5) is 39.5. The largest absolute Gasteiger partial charge is 0.480 e. The summed E-state index contributed by atoms with van der Waals surface area (Å²) in [5, 5.41) is 13.6. The molecular weight excluding hydrogens is 254 g/mol. The lowest BCUT2D eigenvalue weighted by molar-refractivity contribution is -0.139. The number of rotatable bonds is 7. The fourth-order valence-corrected chi connectivity index (χ4v) is 1.31. The van der Waals surface area contributed by atoms with Crippen LogP contribution < -0.4 is 16.4 Å². The number of carboxylic acid groups (broad SMARTS) is 1. The second-order valence-corrected chi connectivity index (χ2v) is 3.80. The Labute approximate surface area is 108 Å². The summed E-state index contributed by atoms with van der Waals surface area (Å²) in [6, 6.07) is -1.80. The van der Waals surface area contributed by atoms with E-state index in [0.717, 1.165) is 0 Å². The van der Waals surface area contributed by atoms with Crippen molar-refractivity contribution in [1.82, 2.24) is 20.6 Å². The third kappa shape index (κ3) is 5.52. The van der Waals surface area contributed by atoms with E-state index in [1.165, 1.54) is 12.5 Å². The molecule has 1 atom stereocenters. The highest BCUT2D eigenvalue weighted by atomic mass is 16.4. The van der Waals surface area contributed by atoms with Crippen molar-refractivity contribution < 1.29 is 19.5 Å². The Balaban J connectivity index is 2.38. The van der Waals surface area contributed by atoms with Crippen LogP contribution in [-0.2, 0) is 16.1 Å². The fourth-order valence-electron chi connectivity index (χ4n) is 1.31. The maximum Gasteiger partial charge on any atom is 0.326 e. The van der Waals surface area contributed by atoms with Crippen molar-refractivity contribution >= 4 is 17.9 Å². The zero-order valence-electron chi connectivity index (χ0n) is 10.0. The standard InChI is InChI=1S/C10H15N5O4/c11-8(16)2-1-7(9(17)18)15-10(19)13-4-6-3-12-5-14-6/h3,5,7H,1-2,4H2,(H2,11,16)(H,12,14)(H,17,18)(H2,13,15,19)/t7-/m0/s1. The van der Waals surface area contributed by atoms with Crippen LogP contribution in [0, 0.1) is 0 Å². The maximum absolute atomic E-state index is 11.5. The van der Waals surface area contributed by atoms with E-state index in [0.29, 0.717) is 5.69 Å². The van der Waals surface area contributed by atoms with Gasteiger partial charge in [-0.15, -0.1) is 0 Å². The second kappa shape index (κ2) is 6.99. The van der Waals surface area contributed by atoms with Gasteiger partial charge in [-0.1, -0.05) is 0 Å². The van der Waals surface area contributed by atoms with Crippen LogP contribution in [0.4, 0.5) is 4.79 Å². The molecule has 0 aliphatic carbocycles. The lowest BCUT2D eigenvalue weighted by Crippen LogP contribution is -2.46. The molecule has 0 bridgehead atoms. The molecule has 0 aliphatic heterocycles. The van der Waals surface area contributed by atoms with Crippen LogP contribution in [0.1, 0.15) is 18.5 Å². The molecule has 1 rings (SSSR count).